The Kier molecular flexibility index (Phi) is 7.61. The molecule has 3 heterocycles. The normalized spacial score (nSPS) is 19.3. The Balaban J connectivity index is 1.41. The monoisotopic (exact) mass is 529 g/mol. The largest absolute Gasteiger partial charge is 0.442 e. The van der Waals surface area contributed by atoms with Crippen LogP contribution in [0.25, 0.3) is 0 Å². The van der Waals surface area contributed by atoms with Crippen molar-refractivity contribution in [3.8, 4) is 0 Å². The van der Waals surface area contributed by atoms with Crippen molar-refractivity contribution in [3.05, 3.63) is 48.5 Å². The second-order valence-corrected chi connectivity index (χ2v) is 9.66. The second kappa shape index (κ2) is 10.7. The summed E-state index contributed by atoms with van der Waals surface area (Å²) in [5, 5.41) is 1.98. The summed E-state index contributed by atoms with van der Waals surface area (Å²) in [6.07, 6.45) is -2.16. The molecule has 1 N–H and O–H groups in total. The van der Waals surface area contributed by atoms with Gasteiger partial charge in [-0.3, -0.25) is 19.5 Å². The van der Waals surface area contributed by atoms with Gasteiger partial charge in [-0.2, -0.15) is 8.78 Å². The second-order valence-electron chi connectivity index (χ2n) is 7.83. The van der Waals surface area contributed by atoms with E-state index in [1.165, 1.54) is 36.7 Å². The first-order valence-corrected chi connectivity index (χ1v) is 12.2. The van der Waals surface area contributed by atoms with Crippen molar-refractivity contribution < 1.29 is 40.8 Å². The van der Waals surface area contributed by atoms with Crippen LogP contribution < -0.4 is 15.1 Å². The topological polar surface area (TPSA) is 121 Å². The number of alkyl halides is 2. The molecule has 1 aromatic heterocycles. The van der Waals surface area contributed by atoms with Gasteiger partial charge in [0, 0.05) is 25.5 Å². The summed E-state index contributed by atoms with van der Waals surface area (Å²) < 4.78 is 71.2. The van der Waals surface area contributed by atoms with E-state index in [-0.39, 0.29) is 55.6 Å². The van der Waals surface area contributed by atoms with Crippen LogP contribution in [-0.2, 0) is 24.4 Å². The molecule has 1 unspecified atom stereocenters. The van der Waals surface area contributed by atoms with Gasteiger partial charge >= 0.3 is 12.5 Å². The maximum atomic E-state index is 15.0. The molecule has 15 heteroatoms. The van der Waals surface area contributed by atoms with Crippen LogP contribution >= 0.6 is 0 Å². The molecule has 2 saturated heterocycles. The van der Waals surface area contributed by atoms with Gasteiger partial charge in [-0.1, -0.05) is 4.47 Å². The van der Waals surface area contributed by atoms with Crippen molar-refractivity contribution in [2.45, 2.75) is 17.4 Å². The highest BCUT2D eigenvalue weighted by molar-refractivity contribution is 7.89. The molecule has 0 aliphatic carbocycles. The molecule has 2 aromatic rings. The fraction of sp³-hybridized carbons (Fsp3) is 0.381. The Hall–Kier alpha value is -3.43. The minimum absolute atomic E-state index is 0.0179. The Morgan fingerprint density at radius 1 is 1.17 bits per heavy atom. The quantitative estimate of drug-likeness (QED) is 0.571. The summed E-state index contributed by atoms with van der Waals surface area (Å²) in [4.78, 5) is 35.2. The number of amides is 2. The molecule has 2 amide bonds. The number of benzene rings is 1. The molecule has 2 fully saturated rings. The molecule has 2 aliphatic heterocycles. The summed E-state index contributed by atoms with van der Waals surface area (Å²) >= 11 is 0. The summed E-state index contributed by atoms with van der Waals surface area (Å²) in [5.41, 5.74) is 0.357. The number of hydrogen-bond acceptors (Lipinski definition) is 8. The number of pyridine rings is 1. The number of carbonyl (C=O) groups is 2. The average Bonchev–Trinajstić information content (AvgIpc) is 3.06. The molecule has 1 aromatic carbocycles. The minimum atomic E-state index is -3.92. The predicted octanol–water partition coefficient (Wildman–Crippen LogP) is 1.37. The van der Waals surface area contributed by atoms with Gasteiger partial charge in [0.2, 0.25) is 0 Å². The average molecular weight is 529 g/mol. The van der Waals surface area contributed by atoms with E-state index in [4.69, 9.17) is 9.57 Å². The van der Waals surface area contributed by atoms with Crippen molar-refractivity contribution in [1.82, 2.24) is 14.8 Å². The first-order chi connectivity index (χ1) is 17.2. The summed E-state index contributed by atoms with van der Waals surface area (Å²) in [6, 6.07) is 6.74. The van der Waals surface area contributed by atoms with Crippen LogP contribution in [-0.4, -0.2) is 81.7 Å². The molecule has 11 nitrogen and oxygen atoms in total. The smallest absolute Gasteiger partial charge is 0.414 e. The van der Waals surface area contributed by atoms with Gasteiger partial charge in [0.15, 0.2) is 0 Å². The fourth-order valence-corrected chi connectivity index (χ4v) is 4.98. The molecule has 2 aliphatic rings. The number of carbonyl (C=O) groups excluding carboxylic acids is 2. The molecule has 4 rings (SSSR count). The third kappa shape index (κ3) is 5.52. The van der Waals surface area contributed by atoms with Gasteiger partial charge in [0.1, 0.15) is 11.9 Å². The number of nitrogens with zero attached hydrogens (tertiary/aromatic N) is 4. The zero-order valence-corrected chi connectivity index (χ0v) is 19.5. The lowest BCUT2D eigenvalue weighted by atomic mass is 10.2. The predicted molar refractivity (Wildman–Crippen MR) is 119 cm³/mol. The molecule has 1 atom stereocenters. The van der Waals surface area contributed by atoms with E-state index >= 15 is 4.39 Å². The SMILES string of the molecule is O=C(NCC1CN(c2ccc(N3CCON(S(=O)(=O)c4ccncc4)CC3)c(F)c2)C(=O)O1)C(F)F. The van der Waals surface area contributed by atoms with Crippen LogP contribution in [0.15, 0.2) is 47.6 Å². The van der Waals surface area contributed by atoms with Crippen molar-refractivity contribution >= 4 is 33.4 Å². The Morgan fingerprint density at radius 2 is 1.92 bits per heavy atom. The van der Waals surface area contributed by atoms with E-state index in [0.717, 1.165) is 15.4 Å². The molecule has 194 valence electrons. The van der Waals surface area contributed by atoms with Crippen LogP contribution in [0.2, 0.25) is 0 Å². The number of cyclic esters (lactones) is 1. The Labute approximate surface area is 204 Å². The Morgan fingerprint density at radius 3 is 2.61 bits per heavy atom. The third-order valence-electron chi connectivity index (χ3n) is 5.52. The van der Waals surface area contributed by atoms with E-state index in [9.17, 15) is 26.8 Å². The standard InChI is InChI=1S/C21H22F3N5O6S/c22-17-11-14(28-13-15(35-21(28)31)12-26-20(30)19(23)24)1-2-18(17)27-7-8-29(34-10-9-27)36(32,33)16-3-5-25-6-4-16/h1-6,11,15,19H,7-10,12-13H2,(H,26,30). The van der Waals surface area contributed by atoms with Crippen LogP contribution in [0.4, 0.5) is 29.3 Å². The van der Waals surface area contributed by atoms with Gasteiger partial charge in [-0.15, -0.1) is 0 Å². The lowest BCUT2D eigenvalue weighted by Crippen LogP contribution is -2.37. The lowest BCUT2D eigenvalue weighted by molar-refractivity contribution is -0.132. The first-order valence-electron chi connectivity index (χ1n) is 10.8. The molecule has 0 saturated carbocycles. The highest BCUT2D eigenvalue weighted by Gasteiger charge is 2.34. The van der Waals surface area contributed by atoms with Crippen molar-refractivity contribution in [2.24, 2.45) is 0 Å². The van der Waals surface area contributed by atoms with Gasteiger partial charge in [-0.25, -0.2) is 17.6 Å². The highest BCUT2D eigenvalue weighted by Crippen LogP contribution is 2.29. The zero-order valence-electron chi connectivity index (χ0n) is 18.7. The summed E-state index contributed by atoms with van der Waals surface area (Å²) in [6.45, 7) is -0.111. The summed E-state index contributed by atoms with van der Waals surface area (Å²) in [7, 11) is -3.92. The number of anilines is 2. The van der Waals surface area contributed by atoms with Crippen LogP contribution in [0, 0.1) is 5.82 Å². The molecule has 0 bridgehead atoms. The van der Waals surface area contributed by atoms with E-state index < -0.39 is 40.4 Å². The number of halogens is 3. The van der Waals surface area contributed by atoms with E-state index in [2.05, 4.69) is 4.98 Å². The van der Waals surface area contributed by atoms with Gasteiger partial charge < -0.3 is 15.0 Å². The molecule has 36 heavy (non-hydrogen) atoms. The van der Waals surface area contributed by atoms with Gasteiger partial charge in [0.05, 0.1) is 42.5 Å². The van der Waals surface area contributed by atoms with E-state index in [1.807, 2.05) is 5.32 Å². The number of rotatable bonds is 7. The van der Waals surface area contributed by atoms with Crippen LogP contribution in [0.3, 0.4) is 0 Å². The molecule has 0 radical (unpaired) electrons. The number of hydrogen-bond donors (Lipinski definition) is 1. The number of ether oxygens (including phenoxy) is 1. The highest BCUT2D eigenvalue weighted by atomic mass is 32.2. The van der Waals surface area contributed by atoms with E-state index in [1.54, 1.807) is 4.90 Å². The molecular weight excluding hydrogens is 507 g/mol. The number of sulfonamides is 1. The third-order valence-corrected chi connectivity index (χ3v) is 7.22. The number of hydroxylamine groups is 1. The van der Waals surface area contributed by atoms with Crippen molar-refractivity contribution in [1.29, 1.82) is 0 Å². The maximum absolute atomic E-state index is 15.0. The summed E-state index contributed by atoms with van der Waals surface area (Å²) in [5.74, 6) is -2.14. The minimum Gasteiger partial charge on any atom is -0.442 e. The van der Waals surface area contributed by atoms with Gasteiger partial charge in [-0.05, 0) is 30.3 Å². The molecule has 0 spiro atoms. The first kappa shape index (κ1) is 25.7. The van der Waals surface area contributed by atoms with E-state index in [0.29, 0.717) is 0 Å². The van der Waals surface area contributed by atoms with Crippen molar-refractivity contribution in [3.63, 3.8) is 0 Å². The van der Waals surface area contributed by atoms with Crippen LogP contribution in [0.1, 0.15) is 0 Å². The maximum Gasteiger partial charge on any atom is 0.414 e. The number of nitrogens with one attached hydrogen (secondary N) is 1. The van der Waals surface area contributed by atoms with Crippen molar-refractivity contribution in [2.75, 3.05) is 49.1 Å². The van der Waals surface area contributed by atoms with Crippen LogP contribution in [0.5, 0.6) is 0 Å². The zero-order chi connectivity index (χ0) is 25.9. The fourth-order valence-electron chi connectivity index (χ4n) is 3.74. The molecular formula is C21H22F3N5O6S. The Bertz CT molecular complexity index is 1220. The lowest BCUT2D eigenvalue weighted by Gasteiger charge is -2.24. The van der Waals surface area contributed by atoms with Gasteiger partial charge in [0.25, 0.3) is 15.9 Å². The number of aromatic nitrogens is 1.